The first-order chi connectivity index (χ1) is 8.40. The van der Waals surface area contributed by atoms with E-state index in [1.807, 2.05) is 37.6 Å². The van der Waals surface area contributed by atoms with Crippen LogP contribution in [0.3, 0.4) is 0 Å². The monoisotopic (exact) mass is 220 g/mol. The number of pyridine rings is 1. The van der Waals surface area contributed by atoms with Crippen LogP contribution in [0.1, 0.15) is 0 Å². The molecular formula is C15H12N2. The van der Waals surface area contributed by atoms with Crippen LogP contribution in [0.25, 0.3) is 21.5 Å². The molecule has 0 fully saturated rings. The van der Waals surface area contributed by atoms with Gasteiger partial charge in [-0.15, -0.1) is 0 Å². The average Bonchev–Trinajstić information content (AvgIpc) is 2.55. The van der Waals surface area contributed by atoms with Crippen molar-refractivity contribution in [3.63, 3.8) is 0 Å². The summed E-state index contributed by atoms with van der Waals surface area (Å²) in [7, 11) is 1.83. The molecule has 0 spiro atoms. The van der Waals surface area contributed by atoms with Gasteiger partial charge in [-0.3, -0.25) is 9.98 Å². The SMILES string of the molecule is CN=c1c2ccccc2ccc2ccncc12. The highest BCUT2D eigenvalue weighted by molar-refractivity contribution is 5.92. The summed E-state index contributed by atoms with van der Waals surface area (Å²) >= 11 is 0. The predicted molar refractivity (Wildman–Crippen MR) is 70.7 cm³/mol. The van der Waals surface area contributed by atoms with Gasteiger partial charge in [0.15, 0.2) is 0 Å². The topological polar surface area (TPSA) is 25.2 Å². The number of nitrogens with zero attached hydrogens (tertiary/aromatic N) is 2. The van der Waals surface area contributed by atoms with E-state index in [1.165, 1.54) is 5.39 Å². The molecule has 0 saturated carbocycles. The number of benzene rings is 1. The zero-order chi connectivity index (χ0) is 11.7. The quantitative estimate of drug-likeness (QED) is 0.572. The Kier molecular flexibility index (Phi) is 2.33. The Morgan fingerprint density at radius 1 is 0.882 bits per heavy atom. The molecule has 17 heavy (non-hydrogen) atoms. The third-order valence-corrected chi connectivity index (χ3v) is 2.99. The van der Waals surface area contributed by atoms with Gasteiger partial charge in [0.2, 0.25) is 0 Å². The number of fused-ring (bicyclic) bond motifs is 2. The van der Waals surface area contributed by atoms with Crippen LogP contribution < -0.4 is 5.36 Å². The van der Waals surface area contributed by atoms with E-state index < -0.39 is 0 Å². The van der Waals surface area contributed by atoms with Gasteiger partial charge < -0.3 is 0 Å². The zero-order valence-electron chi connectivity index (χ0n) is 9.59. The first kappa shape index (κ1) is 9.97. The van der Waals surface area contributed by atoms with E-state index in [9.17, 15) is 0 Å². The minimum absolute atomic E-state index is 1.01. The van der Waals surface area contributed by atoms with Gasteiger partial charge in [-0.25, -0.2) is 0 Å². The first-order valence-electron chi connectivity index (χ1n) is 5.59. The van der Waals surface area contributed by atoms with E-state index in [1.54, 1.807) is 0 Å². The number of hydrogen-bond donors (Lipinski definition) is 0. The van der Waals surface area contributed by atoms with Crippen LogP contribution in [0.2, 0.25) is 0 Å². The highest BCUT2D eigenvalue weighted by Gasteiger charge is 1.99. The molecule has 2 aromatic carbocycles. The van der Waals surface area contributed by atoms with Gasteiger partial charge in [0.25, 0.3) is 0 Å². The Bertz CT molecular complexity index is 699. The Hall–Kier alpha value is -2.22. The maximum atomic E-state index is 4.43. The molecular weight excluding hydrogens is 208 g/mol. The largest absolute Gasteiger partial charge is 0.287 e. The number of aromatic nitrogens is 1. The predicted octanol–water partition coefficient (Wildman–Crippen LogP) is 2.92. The fraction of sp³-hybridized carbons (Fsp3) is 0.0667. The summed E-state index contributed by atoms with van der Waals surface area (Å²) in [5.41, 5.74) is 0. The van der Waals surface area contributed by atoms with Crippen molar-refractivity contribution in [3.8, 4) is 0 Å². The summed E-state index contributed by atoms with van der Waals surface area (Å²) in [6, 6.07) is 14.6. The molecule has 0 unspecified atom stereocenters. The fourth-order valence-electron chi connectivity index (χ4n) is 2.17. The van der Waals surface area contributed by atoms with Crippen molar-refractivity contribution in [1.82, 2.24) is 4.98 Å². The van der Waals surface area contributed by atoms with E-state index in [0.717, 1.165) is 21.5 Å². The minimum atomic E-state index is 1.01. The van der Waals surface area contributed by atoms with Gasteiger partial charge in [-0.05, 0) is 16.8 Å². The molecule has 2 heteroatoms. The molecule has 0 amide bonds. The van der Waals surface area contributed by atoms with E-state index in [0.29, 0.717) is 0 Å². The van der Waals surface area contributed by atoms with Gasteiger partial charge in [0.05, 0.1) is 5.36 Å². The van der Waals surface area contributed by atoms with Crippen LogP contribution in [0.4, 0.5) is 0 Å². The van der Waals surface area contributed by atoms with Gasteiger partial charge in [-0.2, -0.15) is 0 Å². The molecule has 0 N–H and O–H groups in total. The molecule has 0 aliphatic heterocycles. The summed E-state index contributed by atoms with van der Waals surface area (Å²) in [6.45, 7) is 0. The molecule has 0 saturated heterocycles. The molecule has 2 nitrogen and oxygen atoms in total. The van der Waals surface area contributed by atoms with Crippen LogP contribution in [0, 0.1) is 0 Å². The molecule has 82 valence electrons. The smallest absolute Gasteiger partial charge is 0.0743 e. The molecule has 0 aliphatic carbocycles. The molecule has 3 aromatic rings. The van der Waals surface area contributed by atoms with Gasteiger partial charge in [0.1, 0.15) is 0 Å². The van der Waals surface area contributed by atoms with E-state index in [2.05, 4.69) is 34.2 Å². The van der Waals surface area contributed by atoms with Crippen LogP contribution >= 0.6 is 0 Å². The van der Waals surface area contributed by atoms with Crippen LogP contribution in [0.5, 0.6) is 0 Å². The summed E-state index contributed by atoms with van der Waals surface area (Å²) in [5, 5.41) is 5.63. The molecule has 1 aromatic heterocycles. The van der Waals surface area contributed by atoms with Gasteiger partial charge >= 0.3 is 0 Å². The Morgan fingerprint density at radius 2 is 1.65 bits per heavy atom. The molecule has 3 rings (SSSR count). The van der Waals surface area contributed by atoms with Crippen molar-refractivity contribution in [2.45, 2.75) is 0 Å². The Balaban J connectivity index is 2.71. The second-order valence-corrected chi connectivity index (χ2v) is 3.96. The molecule has 0 bridgehead atoms. The Labute approximate surface area is 99.3 Å². The maximum absolute atomic E-state index is 4.43. The second-order valence-electron chi connectivity index (χ2n) is 3.96. The third-order valence-electron chi connectivity index (χ3n) is 2.99. The normalized spacial score (nSPS) is 12.2. The number of hydrogen-bond acceptors (Lipinski definition) is 2. The molecule has 1 heterocycles. The highest BCUT2D eigenvalue weighted by Crippen LogP contribution is 2.14. The van der Waals surface area contributed by atoms with E-state index in [-0.39, 0.29) is 0 Å². The highest BCUT2D eigenvalue weighted by atomic mass is 14.7. The van der Waals surface area contributed by atoms with Gasteiger partial charge in [-0.1, -0.05) is 36.4 Å². The lowest BCUT2D eigenvalue weighted by molar-refractivity contribution is 1.30. The molecule has 0 atom stereocenters. The summed E-state index contributed by atoms with van der Waals surface area (Å²) in [4.78, 5) is 8.62. The van der Waals surface area contributed by atoms with Gasteiger partial charge in [0, 0.05) is 30.2 Å². The van der Waals surface area contributed by atoms with Crippen LogP contribution in [-0.4, -0.2) is 12.0 Å². The van der Waals surface area contributed by atoms with E-state index in [4.69, 9.17) is 0 Å². The fourth-order valence-corrected chi connectivity index (χ4v) is 2.17. The zero-order valence-corrected chi connectivity index (χ0v) is 9.59. The molecule has 0 aliphatic rings. The Morgan fingerprint density at radius 3 is 2.47 bits per heavy atom. The van der Waals surface area contributed by atoms with Crippen molar-refractivity contribution < 1.29 is 0 Å². The number of rotatable bonds is 0. The maximum Gasteiger partial charge on any atom is 0.0743 e. The van der Waals surface area contributed by atoms with Crippen LogP contribution in [0.15, 0.2) is 59.9 Å². The average molecular weight is 220 g/mol. The summed E-state index contributed by atoms with van der Waals surface area (Å²) < 4.78 is 0. The van der Waals surface area contributed by atoms with Crippen LogP contribution in [-0.2, 0) is 0 Å². The van der Waals surface area contributed by atoms with Crippen molar-refractivity contribution in [2.75, 3.05) is 7.05 Å². The minimum Gasteiger partial charge on any atom is -0.287 e. The first-order valence-corrected chi connectivity index (χ1v) is 5.59. The lowest BCUT2D eigenvalue weighted by Crippen LogP contribution is -2.01. The molecule has 0 radical (unpaired) electrons. The van der Waals surface area contributed by atoms with Crippen molar-refractivity contribution in [2.24, 2.45) is 4.99 Å². The van der Waals surface area contributed by atoms with Crippen molar-refractivity contribution >= 4 is 21.5 Å². The van der Waals surface area contributed by atoms with Crippen molar-refractivity contribution in [3.05, 3.63) is 60.2 Å². The lowest BCUT2D eigenvalue weighted by Gasteiger charge is -1.94. The van der Waals surface area contributed by atoms with E-state index >= 15 is 0 Å². The second kappa shape index (κ2) is 3.98. The lowest BCUT2D eigenvalue weighted by atomic mass is 10.1. The summed E-state index contributed by atoms with van der Waals surface area (Å²) in [5.74, 6) is 0. The standard InChI is InChI=1S/C15H12N2/c1-16-15-13-5-3-2-4-11(13)6-7-12-8-9-17-10-14(12)15/h2-10H,1H3. The summed E-state index contributed by atoms with van der Waals surface area (Å²) in [6.07, 6.45) is 3.69. The van der Waals surface area contributed by atoms with Crippen molar-refractivity contribution in [1.29, 1.82) is 0 Å². The third kappa shape index (κ3) is 1.58.